The Morgan fingerprint density at radius 2 is 1.89 bits per heavy atom. The molecule has 1 fully saturated rings. The van der Waals surface area contributed by atoms with Gasteiger partial charge in [0.05, 0.1) is 5.25 Å². The lowest BCUT2D eigenvalue weighted by molar-refractivity contribution is -0.131. The summed E-state index contributed by atoms with van der Waals surface area (Å²) in [5.41, 5.74) is 6.70. The van der Waals surface area contributed by atoms with E-state index in [4.69, 9.17) is 5.73 Å². The van der Waals surface area contributed by atoms with Crippen LogP contribution >= 0.6 is 11.8 Å². The molecule has 2 N–H and O–H groups in total. The number of benzene rings is 1. The Labute approximate surface area is 119 Å². The molecule has 0 aromatic heterocycles. The smallest absolute Gasteiger partial charge is 0.235 e. The summed E-state index contributed by atoms with van der Waals surface area (Å²) in [5.74, 6) is 0.271. The van der Waals surface area contributed by atoms with Crippen LogP contribution in [0.3, 0.4) is 0 Å². The molecule has 1 aliphatic heterocycles. The van der Waals surface area contributed by atoms with Gasteiger partial charge in [-0.2, -0.15) is 0 Å². The van der Waals surface area contributed by atoms with Gasteiger partial charge < -0.3 is 10.6 Å². The SMILES string of the molecule is CC(Sc1ccc(CN)cc1)C(=O)N1CCCCC1. The van der Waals surface area contributed by atoms with E-state index in [1.807, 2.05) is 36.1 Å². The standard InChI is InChI=1S/C15H22N2OS/c1-12(15(18)17-9-3-2-4-10-17)19-14-7-5-13(11-16)6-8-14/h5-8,12H,2-4,9-11,16H2,1H3. The molecule has 0 aliphatic carbocycles. The fourth-order valence-corrected chi connectivity index (χ4v) is 3.28. The first-order valence-electron chi connectivity index (χ1n) is 6.95. The lowest BCUT2D eigenvalue weighted by Gasteiger charge is -2.29. The molecule has 0 bridgehead atoms. The molecule has 1 atom stereocenters. The molecule has 0 saturated carbocycles. The maximum absolute atomic E-state index is 12.3. The minimum Gasteiger partial charge on any atom is -0.342 e. The minimum absolute atomic E-state index is 0.0122. The monoisotopic (exact) mass is 278 g/mol. The molecule has 1 heterocycles. The Kier molecular flexibility index (Phi) is 5.28. The van der Waals surface area contributed by atoms with Crippen LogP contribution in [0.1, 0.15) is 31.7 Å². The second kappa shape index (κ2) is 6.96. The number of carbonyl (C=O) groups is 1. The van der Waals surface area contributed by atoms with Gasteiger partial charge in [0.25, 0.3) is 0 Å². The third-order valence-corrected chi connectivity index (χ3v) is 4.59. The van der Waals surface area contributed by atoms with E-state index in [0.29, 0.717) is 6.54 Å². The van der Waals surface area contributed by atoms with Crippen molar-refractivity contribution < 1.29 is 4.79 Å². The van der Waals surface area contributed by atoms with Crippen LogP contribution in [0.4, 0.5) is 0 Å². The molecular weight excluding hydrogens is 256 g/mol. The van der Waals surface area contributed by atoms with Crippen LogP contribution in [0, 0.1) is 0 Å². The van der Waals surface area contributed by atoms with Gasteiger partial charge in [0.15, 0.2) is 0 Å². The molecule has 1 saturated heterocycles. The lowest BCUT2D eigenvalue weighted by atomic mass is 10.1. The van der Waals surface area contributed by atoms with E-state index in [2.05, 4.69) is 0 Å². The third kappa shape index (κ3) is 3.98. The molecule has 1 aromatic carbocycles. The number of nitrogens with two attached hydrogens (primary N) is 1. The molecular formula is C15H22N2OS. The summed E-state index contributed by atoms with van der Waals surface area (Å²) in [4.78, 5) is 15.5. The lowest BCUT2D eigenvalue weighted by Crippen LogP contribution is -2.40. The zero-order valence-corrected chi connectivity index (χ0v) is 12.3. The largest absolute Gasteiger partial charge is 0.342 e. The molecule has 104 valence electrons. The number of rotatable bonds is 4. The van der Waals surface area contributed by atoms with Crippen LogP contribution in [-0.4, -0.2) is 29.1 Å². The predicted molar refractivity (Wildman–Crippen MR) is 80.1 cm³/mol. The second-order valence-electron chi connectivity index (χ2n) is 4.99. The van der Waals surface area contributed by atoms with Crippen molar-refractivity contribution in [3.8, 4) is 0 Å². The van der Waals surface area contributed by atoms with E-state index in [-0.39, 0.29) is 11.2 Å². The first-order chi connectivity index (χ1) is 9.20. The first kappa shape index (κ1) is 14.4. The summed E-state index contributed by atoms with van der Waals surface area (Å²) in [7, 11) is 0. The van der Waals surface area contributed by atoms with Crippen molar-refractivity contribution >= 4 is 17.7 Å². The third-order valence-electron chi connectivity index (χ3n) is 3.49. The average Bonchev–Trinajstić information content (AvgIpc) is 2.48. The van der Waals surface area contributed by atoms with E-state index in [9.17, 15) is 4.79 Å². The molecule has 1 aliphatic rings. The maximum atomic E-state index is 12.3. The van der Waals surface area contributed by atoms with E-state index < -0.39 is 0 Å². The molecule has 1 amide bonds. The highest BCUT2D eigenvalue weighted by molar-refractivity contribution is 8.00. The summed E-state index contributed by atoms with van der Waals surface area (Å²) in [6.45, 7) is 4.41. The molecule has 0 radical (unpaired) electrons. The van der Waals surface area contributed by atoms with Gasteiger partial charge in [0.2, 0.25) is 5.91 Å². The Balaban J connectivity index is 1.91. The van der Waals surface area contributed by atoms with Crippen molar-refractivity contribution in [3.63, 3.8) is 0 Å². The van der Waals surface area contributed by atoms with Crippen molar-refractivity contribution in [1.29, 1.82) is 0 Å². The van der Waals surface area contributed by atoms with Crippen molar-refractivity contribution in [3.05, 3.63) is 29.8 Å². The van der Waals surface area contributed by atoms with E-state index in [1.54, 1.807) is 11.8 Å². The second-order valence-corrected chi connectivity index (χ2v) is 6.41. The van der Waals surface area contributed by atoms with Crippen molar-refractivity contribution in [2.75, 3.05) is 13.1 Å². The highest BCUT2D eigenvalue weighted by Crippen LogP contribution is 2.25. The topological polar surface area (TPSA) is 46.3 Å². The van der Waals surface area contributed by atoms with Crippen molar-refractivity contribution in [1.82, 2.24) is 4.90 Å². The zero-order valence-electron chi connectivity index (χ0n) is 11.5. The van der Waals surface area contributed by atoms with Crippen molar-refractivity contribution in [2.45, 2.75) is 42.9 Å². The van der Waals surface area contributed by atoms with Crippen LogP contribution < -0.4 is 5.73 Å². The number of hydrogen-bond donors (Lipinski definition) is 1. The number of carbonyl (C=O) groups excluding carboxylic acids is 1. The zero-order chi connectivity index (χ0) is 13.7. The number of nitrogens with zero attached hydrogens (tertiary/aromatic N) is 1. The van der Waals surface area contributed by atoms with Crippen molar-refractivity contribution in [2.24, 2.45) is 5.73 Å². The Morgan fingerprint density at radius 3 is 2.47 bits per heavy atom. The summed E-state index contributed by atoms with van der Waals surface area (Å²) in [5, 5.41) is -0.0122. The summed E-state index contributed by atoms with van der Waals surface area (Å²) < 4.78 is 0. The van der Waals surface area contributed by atoms with Gasteiger partial charge in [-0.05, 0) is 43.9 Å². The van der Waals surface area contributed by atoms with Crippen LogP contribution in [0.5, 0.6) is 0 Å². The number of piperidine rings is 1. The Morgan fingerprint density at radius 1 is 1.26 bits per heavy atom. The quantitative estimate of drug-likeness (QED) is 0.861. The normalized spacial score (nSPS) is 17.3. The molecule has 1 aromatic rings. The van der Waals surface area contributed by atoms with E-state index in [0.717, 1.165) is 36.4 Å². The number of thioether (sulfide) groups is 1. The van der Waals surface area contributed by atoms with Gasteiger partial charge in [-0.25, -0.2) is 0 Å². The Bertz CT molecular complexity index is 413. The van der Waals surface area contributed by atoms with Crippen LogP contribution in [0.25, 0.3) is 0 Å². The number of likely N-dealkylation sites (tertiary alicyclic amines) is 1. The fourth-order valence-electron chi connectivity index (χ4n) is 2.33. The molecule has 4 heteroatoms. The molecule has 1 unspecified atom stereocenters. The van der Waals surface area contributed by atoms with Gasteiger partial charge in [0, 0.05) is 24.5 Å². The first-order valence-corrected chi connectivity index (χ1v) is 7.83. The average molecular weight is 278 g/mol. The van der Waals surface area contributed by atoms with Gasteiger partial charge in [-0.15, -0.1) is 11.8 Å². The molecule has 2 rings (SSSR count). The Hall–Kier alpha value is -1.00. The number of amides is 1. The maximum Gasteiger partial charge on any atom is 0.235 e. The van der Waals surface area contributed by atoms with Crippen LogP contribution in [0.2, 0.25) is 0 Å². The molecule has 3 nitrogen and oxygen atoms in total. The molecule has 0 spiro atoms. The van der Waals surface area contributed by atoms with E-state index >= 15 is 0 Å². The predicted octanol–water partition coefficient (Wildman–Crippen LogP) is 2.64. The van der Waals surface area contributed by atoms with Gasteiger partial charge >= 0.3 is 0 Å². The van der Waals surface area contributed by atoms with Gasteiger partial charge in [-0.1, -0.05) is 12.1 Å². The summed E-state index contributed by atoms with van der Waals surface area (Å²) in [6.07, 6.45) is 3.55. The summed E-state index contributed by atoms with van der Waals surface area (Å²) >= 11 is 1.63. The van der Waals surface area contributed by atoms with E-state index in [1.165, 1.54) is 6.42 Å². The highest BCUT2D eigenvalue weighted by Gasteiger charge is 2.22. The summed E-state index contributed by atoms with van der Waals surface area (Å²) in [6, 6.07) is 8.15. The van der Waals surface area contributed by atoms with Gasteiger partial charge in [-0.3, -0.25) is 4.79 Å². The van der Waals surface area contributed by atoms with Crippen LogP contribution in [-0.2, 0) is 11.3 Å². The molecule has 19 heavy (non-hydrogen) atoms. The minimum atomic E-state index is -0.0122. The fraction of sp³-hybridized carbons (Fsp3) is 0.533. The van der Waals surface area contributed by atoms with Gasteiger partial charge in [0.1, 0.15) is 0 Å². The highest BCUT2D eigenvalue weighted by atomic mass is 32.2. The number of hydrogen-bond acceptors (Lipinski definition) is 3. The van der Waals surface area contributed by atoms with Crippen LogP contribution in [0.15, 0.2) is 29.2 Å².